The minimum Gasteiger partial charge on any atom is -0.462 e. The Morgan fingerprint density at radius 2 is 0.857 bits per heavy atom. The number of ether oxygens (including phenoxy) is 1. The van der Waals surface area contributed by atoms with Gasteiger partial charge in [0.05, 0.1) is 25.2 Å². The number of amides is 1. The Morgan fingerprint density at radius 3 is 1.35 bits per heavy atom. The van der Waals surface area contributed by atoms with E-state index >= 15 is 0 Å². The number of hydrogen-bond donors (Lipinski definition) is 3. The third kappa shape index (κ3) is 45.7. The molecular weight excluding hydrogens is 779 g/mol. The molecule has 6 nitrogen and oxygen atoms in total. The highest BCUT2D eigenvalue weighted by Gasteiger charge is 2.24. The first-order valence-corrected chi connectivity index (χ1v) is 26.7. The molecule has 0 aliphatic heterocycles. The van der Waals surface area contributed by atoms with Crippen molar-refractivity contribution in [1.82, 2.24) is 5.32 Å². The third-order valence-corrected chi connectivity index (χ3v) is 11.9. The summed E-state index contributed by atoms with van der Waals surface area (Å²) in [7, 11) is 0. The van der Waals surface area contributed by atoms with Gasteiger partial charge in [-0.25, -0.2) is 0 Å². The van der Waals surface area contributed by atoms with E-state index in [1.54, 1.807) is 0 Å². The molecule has 63 heavy (non-hydrogen) atoms. The molecule has 6 heteroatoms. The molecule has 3 unspecified atom stereocenters. The van der Waals surface area contributed by atoms with Gasteiger partial charge in [-0.15, -0.1) is 0 Å². The molecule has 0 rings (SSSR count). The van der Waals surface area contributed by atoms with E-state index in [9.17, 15) is 19.8 Å². The van der Waals surface area contributed by atoms with Crippen LogP contribution in [0.3, 0.4) is 0 Å². The van der Waals surface area contributed by atoms with Crippen molar-refractivity contribution in [2.24, 2.45) is 0 Å². The smallest absolute Gasteiger partial charge is 0.306 e. The second kappa shape index (κ2) is 50.3. The highest BCUT2D eigenvalue weighted by atomic mass is 16.5. The summed E-state index contributed by atoms with van der Waals surface area (Å²) < 4.78 is 5.92. The van der Waals surface area contributed by atoms with Crippen LogP contribution in [-0.4, -0.2) is 46.9 Å². The van der Waals surface area contributed by atoms with Crippen molar-refractivity contribution in [3.05, 3.63) is 72.9 Å². The maximum atomic E-state index is 13.2. The summed E-state index contributed by atoms with van der Waals surface area (Å²) in [6.07, 6.45) is 63.8. The molecule has 0 saturated carbocycles. The molecule has 364 valence electrons. The van der Waals surface area contributed by atoms with E-state index in [2.05, 4.69) is 62.5 Å². The van der Waals surface area contributed by atoms with E-state index in [4.69, 9.17) is 4.74 Å². The van der Waals surface area contributed by atoms with Gasteiger partial charge in [-0.1, -0.05) is 241 Å². The molecule has 0 fully saturated rings. The average Bonchev–Trinajstić information content (AvgIpc) is 3.28. The molecule has 3 atom stereocenters. The maximum absolute atomic E-state index is 13.2. The lowest BCUT2D eigenvalue weighted by Gasteiger charge is -2.24. The van der Waals surface area contributed by atoms with Crippen LogP contribution in [0, 0.1) is 0 Å². The van der Waals surface area contributed by atoms with Crippen LogP contribution < -0.4 is 5.32 Å². The van der Waals surface area contributed by atoms with Crippen LogP contribution in [0.4, 0.5) is 0 Å². The number of carbonyl (C=O) groups excluding carboxylic acids is 2. The summed E-state index contributed by atoms with van der Waals surface area (Å²) in [5, 5.41) is 23.8. The topological polar surface area (TPSA) is 95.9 Å². The van der Waals surface area contributed by atoms with Gasteiger partial charge in [0.2, 0.25) is 5.91 Å². The lowest BCUT2D eigenvalue weighted by molar-refractivity contribution is -0.151. The van der Waals surface area contributed by atoms with E-state index in [1.807, 2.05) is 36.5 Å². The molecule has 0 aromatic heterocycles. The summed E-state index contributed by atoms with van der Waals surface area (Å²) in [6, 6.07) is -0.720. The molecule has 0 radical (unpaired) electrons. The molecule has 1 amide bonds. The Labute approximate surface area is 390 Å². The van der Waals surface area contributed by atoms with Gasteiger partial charge in [-0.05, 0) is 70.6 Å². The molecule has 0 spiro atoms. The number of unbranched alkanes of at least 4 members (excludes halogenated alkanes) is 27. The maximum Gasteiger partial charge on any atom is 0.306 e. The monoisotopic (exact) mass is 880 g/mol. The standard InChI is InChI=1S/C57H101NO5/c1-4-7-10-13-16-19-22-25-27-29-31-33-36-39-42-45-48-53(63-57(62)50-47-44-41-38-35-32-30-28-26-23-20-17-14-11-8-5-2)51-56(61)58-54(52-59)55(60)49-46-43-40-37-34-24-21-18-15-12-9-6-3/h10,13,16,19,22,25,27-31,33,53-55,59-60H,4-9,11-12,14-15,17-18,20-21,23-24,26,32,34-52H2,1-3H3,(H,58,61)/b13-10+,19-16+,25-22+,29-27+,30-28+,33-31+. The second-order valence-corrected chi connectivity index (χ2v) is 18.0. The predicted molar refractivity (Wildman–Crippen MR) is 273 cm³/mol. The Morgan fingerprint density at radius 1 is 0.460 bits per heavy atom. The Kier molecular flexibility index (Phi) is 48.1. The van der Waals surface area contributed by atoms with Gasteiger partial charge in [0.1, 0.15) is 6.10 Å². The van der Waals surface area contributed by atoms with Crippen LogP contribution in [0.1, 0.15) is 252 Å². The van der Waals surface area contributed by atoms with Crippen molar-refractivity contribution in [1.29, 1.82) is 0 Å². The van der Waals surface area contributed by atoms with E-state index in [1.165, 1.54) is 128 Å². The molecule has 0 heterocycles. The number of aliphatic hydroxyl groups excluding tert-OH is 2. The number of rotatable bonds is 47. The van der Waals surface area contributed by atoms with Crippen LogP contribution in [0.15, 0.2) is 72.9 Å². The van der Waals surface area contributed by atoms with Crippen molar-refractivity contribution in [2.45, 2.75) is 270 Å². The fraction of sp³-hybridized carbons (Fsp3) is 0.754. The zero-order valence-electron chi connectivity index (χ0n) is 41.4. The van der Waals surface area contributed by atoms with Crippen LogP contribution in [0.2, 0.25) is 0 Å². The highest BCUT2D eigenvalue weighted by molar-refractivity contribution is 5.77. The van der Waals surface area contributed by atoms with Crippen LogP contribution in [-0.2, 0) is 14.3 Å². The molecule has 0 aromatic rings. The van der Waals surface area contributed by atoms with Crippen LogP contribution in [0.5, 0.6) is 0 Å². The van der Waals surface area contributed by atoms with E-state index in [-0.39, 0.29) is 24.9 Å². The van der Waals surface area contributed by atoms with E-state index in [0.29, 0.717) is 19.3 Å². The highest BCUT2D eigenvalue weighted by Crippen LogP contribution is 2.17. The van der Waals surface area contributed by atoms with Gasteiger partial charge in [0.25, 0.3) is 0 Å². The number of nitrogens with one attached hydrogen (secondary N) is 1. The van der Waals surface area contributed by atoms with Crippen molar-refractivity contribution in [3.63, 3.8) is 0 Å². The molecule has 0 bridgehead atoms. The zero-order valence-corrected chi connectivity index (χ0v) is 41.4. The quantitative estimate of drug-likeness (QED) is 0.0245. The summed E-state index contributed by atoms with van der Waals surface area (Å²) in [5.41, 5.74) is 0. The SMILES string of the molecule is CCC/C=C/C=C/C=C/C=C/C=C/CCCCCC(CC(=O)NC(CO)C(O)CCCCCCCCCCCCCC)OC(=O)CCCCCCC/C=C/CCCCCCCCC. The van der Waals surface area contributed by atoms with Crippen LogP contribution >= 0.6 is 0 Å². The van der Waals surface area contributed by atoms with Gasteiger partial charge in [-0.3, -0.25) is 9.59 Å². The third-order valence-electron chi connectivity index (χ3n) is 11.9. The summed E-state index contributed by atoms with van der Waals surface area (Å²) in [5.74, 6) is -0.525. The second-order valence-electron chi connectivity index (χ2n) is 18.0. The Balaban J connectivity index is 4.69. The van der Waals surface area contributed by atoms with Crippen molar-refractivity contribution in [3.8, 4) is 0 Å². The largest absolute Gasteiger partial charge is 0.462 e. The first-order valence-electron chi connectivity index (χ1n) is 26.7. The molecule has 0 aromatic carbocycles. The normalized spacial score (nSPS) is 13.8. The summed E-state index contributed by atoms with van der Waals surface area (Å²) >= 11 is 0. The van der Waals surface area contributed by atoms with Crippen molar-refractivity contribution < 1.29 is 24.5 Å². The number of carbonyl (C=O) groups is 2. The molecule has 3 N–H and O–H groups in total. The van der Waals surface area contributed by atoms with E-state index in [0.717, 1.165) is 77.0 Å². The van der Waals surface area contributed by atoms with Gasteiger partial charge < -0.3 is 20.3 Å². The number of aliphatic hydroxyl groups is 2. The molecule has 0 saturated heterocycles. The zero-order chi connectivity index (χ0) is 45.9. The molecule has 0 aliphatic carbocycles. The Hall–Kier alpha value is -2.70. The van der Waals surface area contributed by atoms with Gasteiger partial charge >= 0.3 is 5.97 Å². The first-order chi connectivity index (χ1) is 31.0. The minimum absolute atomic E-state index is 0.0441. The lowest BCUT2D eigenvalue weighted by atomic mass is 10.0. The van der Waals surface area contributed by atoms with Gasteiger partial charge in [0.15, 0.2) is 0 Å². The molecular formula is C57H101NO5. The fourth-order valence-corrected chi connectivity index (χ4v) is 7.81. The number of hydrogen-bond acceptors (Lipinski definition) is 5. The first kappa shape index (κ1) is 60.3. The minimum atomic E-state index is -0.803. The number of allylic oxidation sites excluding steroid dienone is 12. The summed E-state index contributed by atoms with van der Waals surface area (Å²) in [4.78, 5) is 26.2. The predicted octanol–water partition coefficient (Wildman–Crippen LogP) is 16.2. The average molecular weight is 880 g/mol. The lowest BCUT2D eigenvalue weighted by Crippen LogP contribution is -2.46. The molecule has 0 aliphatic rings. The van der Waals surface area contributed by atoms with Gasteiger partial charge in [-0.2, -0.15) is 0 Å². The van der Waals surface area contributed by atoms with Crippen molar-refractivity contribution in [2.75, 3.05) is 6.61 Å². The van der Waals surface area contributed by atoms with Crippen LogP contribution in [0.25, 0.3) is 0 Å². The van der Waals surface area contributed by atoms with Crippen molar-refractivity contribution >= 4 is 11.9 Å². The fourth-order valence-electron chi connectivity index (χ4n) is 7.81. The van der Waals surface area contributed by atoms with E-state index < -0.39 is 18.2 Å². The Bertz CT molecular complexity index is 1170. The van der Waals surface area contributed by atoms with Gasteiger partial charge in [0, 0.05) is 6.42 Å². The number of esters is 1. The summed E-state index contributed by atoms with van der Waals surface area (Å²) in [6.45, 7) is 6.38.